The van der Waals surface area contributed by atoms with Gasteiger partial charge >= 0.3 is 0 Å². The molecule has 0 saturated carbocycles. The maximum atomic E-state index is 5.20. The highest BCUT2D eigenvalue weighted by molar-refractivity contribution is 6.33. The first-order chi connectivity index (χ1) is 3.27. The lowest BCUT2D eigenvalue weighted by Crippen LogP contribution is -2.07. The molecule has 2 nitrogen and oxygen atoms in total. The summed E-state index contributed by atoms with van der Waals surface area (Å²) in [5.41, 5.74) is 5.13. The molecule has 0 bridgehead atoms. The number of nitrogens with two attached hydrogens (primary N) is 1. The average Bonchev–Trinajstić information content (AvgIpc) is 1.61. The van der Waals surface area contributed by atoms with Crippen molar-refractivity contribution in [3.05, 3.63) is 0 Å². The Balaban J connectivity index is 2.68. The van der Waals surface area contributed by atoms with E-state index in [0.717, 1.165) is 10.4 Å². The monoisotopic (exact) mass is 142 g/mol. The van der Waals surface area contributed by atoms with Gasteiger partial charge in [-0.05, 0) is 36.5 Å². The number of rotatable bonds is 3. The Hall–Kier alpha value is 0.500. The third-order valence-corrected chi connectivity index (χ3v) is 0.869. The molecule has 0 aromatic rings. The van der Waals surface area contributed by atoms with Gasteiger partial charge in [0, 0.05) is 6.54 Å². The van der Waals surface area contributed by atoms with Crippen LogP contribution in [0.15, 0.2) is 0 Å². The molecular weight excluding hydrogens is 135 g/mol. The highest BCUT2D eigenvalue weighted by Crippen LogP contribution is 1.97. The van der Waals surface area contributed by atoms with Crippen LogP contribution < -0.4 is 5.73 Å². The summed E-state index contributed by atoms with van der Waals surface area (Å²) in [5, 5.41) is 0. The lowest BCUT2D eigenvalue weighted by atomic mass is 10.4. The Kier molecular flexibility index (Phi) is 4.99. The van der Waals surface area contributed by atoms with Gasteiger partial charge in [-0.15, -0.1) is 3.94 Å². The number of nitrogens with zero attached hydrogens (tertiary/aromatic N) is 1. The van der Waals surface area contributed by atoms with E-state index >= 15 is 0 Å². The van der Waals surface area contributed by atoms with Crippen molar-refractivity contribution in [2.45, 2.75) is 6.42 Å². The molecule has 0 rings (SSSR count). The summed E-state index contributed by atoms with van der Waals surface area (Å²) in [7, 11) is 0. The van der Waals surface area contributed by atoms with Gasteiger partial charge in [-0.2, -0.15) is 0 Å². The molecule has 4 heteroatoms. The van der Waals surface area contributed by atoms with Crippen molar-refractivity contribution in [1.29, 1.82) is 0 Å². The van der Waals surface area contributed by atoms with Gasteiger partial charge in [-0.1, -0.05) is 0 Å². The van der Waals surface area contributed by atoms with Gasteiger partial charge < -0.3 is 5.73 Å². The van der Waals surface area contributed by atoms with Crippen LogP contribution in [0.25, 0.3) is 0 Å². The van der Waals surface area contributed by atoms with Crippen LogP contribution in [0.4, 0.5) is 0 Å². The average molecular weight is 143 g/mol. The van der Waals surface area contributed by atoms with Gasteiger partial charge in [-0.25, -0.2) is 0 Å². The SMILES string of the molecule is NCCCN(Cl)Cl. The third-order valence-electron chi connectivity index (χ3n) is 0.531. The number of hydrogen-bond acceptors (Lipinski definition) is 2. The lowest BCUT2D eigenvalue weighted by Gasteiger charge is -1.98. The van der Waals surface area contributed by atoms with Crippen molar-refractivity contribution >= 4 is 23.6 Å². The second kappa shape index (κ2) is 4.65. The molecule has 0 spiro atoms. The zero-order valence-electron chi connectivity index (χ0n) is 3.90. The smallest absolute Gasteiger partial charge is 0.0316 e. The molecule has 0 amide bonds. The first kappa shape index (κ1) is 7.50. The normalized spacial score (nSPS) is 10.3. The molecule has 44 valence electrons. The molecule has 0 atom stereocenters. The molecule has 0 aliphatic heterocycles. The van der Waals surface area contributed by atoms with Crippen LogP contribution in [-0.4, -0.2) is 17.0 Å². The summed E-state index contributed by atoms with van der Waals surface area (Å²) in [5.74, 6) is 0. The summed E-state index contributed by atoms with van der Waals surface area (Å²) in [6.07, 6.45) is 0.840. The second-order valence-corrected chi connectivity index (χ2v) is 2.16. The Morgan fingerprint density at radius 2 is 2.00 bits per heavy atom. The minimum absolute atomic E-state index is 0.635. The Morgan fingerprint density at radius 3 is 2.14 bits per heavy atom. The van der Waals surface area contributed by atoms with Gasteiger partial charge in [0.25, 0.3) is 0 Å². The van der Waals surface area contributed by atoms with Crippen LogP contribution in [-0.2, 0) is 0 Å². The molecule has 0 aromatic carbocycles. The third kappa shape index (κ3) is 6.50. The second-order valence-electron chi connectivity index (χ2n) is 1.17. The minimum atomic E-state index is 0.635. The van der Waals surface area contributed by atoms with E-state index in [1.807, 2.05) is 0 Å². The van der Waals surface area contributed by atoms with Gasteiger partial charge in [-0.3, -0.25) is 0 Å². The lowest BCUT2D eigenvalue weighted by molar-refractivity contribution is 0.654. The van der Waals surface area contributed by atoms with Crippen molar-refractivity contribution in [2.24, 2.45) is 5.73 Å². The quantitative estimate of drug-likeness (QED) is 0.595. The van der Waals surface area contributed by atoms with E-state index < -0.39 is 0 Å². The fraction of sp³-hybridized carbons (Fsp3) is 1.00. The van der Waals surface area contributed by atoms with E-state index in [1.54, 1.807) is 0 Å². The van der Waals surface area contributed by atoms with Crippen LogP contribution in [0.2, 0.25) is 0 Å². The summed E-state index contributed by atoms with van der Waals surface area (Å²) in [4.78, 5) is 0. The van der Waals surface area contributed by atoms with Crippen LogP contribution >= 0.6 is 23.6 Å². The maximum Gasteiger partial charge on any atom is 0.0316 e. The van der Waals surface area contributed by atoms with E-state index in [0.29, 0.717) is 13.1 Å². The van der Waals surface area contributed by atoms with Gasteiger partial charge in [0.1, 0.15) is 0 Å². The van der Waals surface area contributed by atoms with Crippen molar-refractivity contribution < 1.29 is 0 Å². The van der Waals surface area contributed by atoms with Crippen molar-refractivity contribution in [2.75, 3.05) is 13.1 Å². The van der Waals surface area contributed by atoms with E-state index in [9.17, 15) is 0 Å². The molecule has 0 heterocycles. The van der Waals surface area contributed by atoms with E-state index in [-0.39, 0.29) is 0 Å². The van der Waals surface area contributed by atoms with Crippen LogP contribution in [0.3, 0.4) is 0 Å². The first-order valence-corrected chi connectivity index (χ1v) is 2.74. The molecule has 0 saturated heterocycles. The largest absolute Gasteiger partial charge is 0.330 e. The molecule has 0 fully saturated rings. The molecule has 2 N–H and O–H groups in total. The van der Waals surface area contributed by atoms with E-state index in [2.05, 4.69) is 0 Å². The summed E-state index contributed by atoms with van der Waals surface area (Å²) in [6, 6.07) is 0. The molecule has 0 aromatic heterocycles. The van der Waals surface area contributed by atoms with Crippen LogP contribution in [0, 0.1) is 0 Å². The van der Waals surface area contributed by atoms with Crippen LogP contribution in [0.1, 0.15) is 6.42 Å². The van der Waals surface area contributed by atoms with Gasteiger partial charge in [0.2, 0.25) is 0 Å². The molecule has 7 heavy (non-hydrogen) atoms. The fourth-order valence-corrected chi connectivity index (χ4v) is 0.450. The Labute approximate surface area is 53.4 Å². The molecule has 0 unspecified atom stereocenters. The summed E-state index contributed by atoms with van der Waals surface area (Å²) in [6.45, 7) is 1.27. The topological polar surface area (TPSA) is 29.3 Å². The zero-order chi connectivity index (χ0) is 5.70. The van der Waals surface area contributed by atoms with Crippen LogP contribution in [0.5, 0.6) is 0 Å². The number of hydrogen-bond donors (Lipinski definition) is 1. The Bertz CT molecular complexity index is 39.9. The van der Waals surface area contributed by atoms with Gasteiger partial charge in [0.05, 0.1) is 0 Å². The van der Waals surface area contributed by atoms with Crippen molar-refractivity contribution in [3.63, 3.8) is 0 Å². The highest BCUT2D eigenvalue weighted by atomic mass is 35.5. The van der Waals surface area contributed by atoms with Crippen molar-refractivity contribution in [1.82, 2.24) is 3.94 Å². The standard InChI is InChI=1S/C3H8Cl2N2/c4-7(5)3-1-2-6/h1-3,6H2. The predicted octanol–water partition coefficient (Wildman–Crippen LogP) is 0.945. The molecule has 0 radical (unpaired) electrons. The van der Waals surface area contributed by atoms with Crippen molar-refractivity contribution in [3.8, 4) is 0 Å². The maximum absolute atomic E-state index is 5.20. The molecular formula is C3H8Cl2N2. The van der Waals surface area contributed by atoms with Gasteiger partial charge in [0.15, 0.2) is 0 Å². The van der Waals surface area contributed by atoms with E-state index in [4.69, 9.17) is 29.3 Å². The summed E-state index contributed by atoms with van der Waals surface area (Å²) < 4.78 is 1.08. The highest BCUT2D eigenvalue weighted by Gasteiger charge is 1.89. The fourth-order valence-electron chi connectivity index (χ4n) is 0.211. The number of halogens is 2. The Morgan fingerprint density at radius 1 is 1.43 bits per heavy atom. The molecule has 0 aliphatic carbocycles. The zero-order valence-corrected chi connectivity index (χ0v) is 5.41. The minimum Gasteiger partial charge on any atom is -0.330 e. The first-order valence-electron chi connectivity index (χ1n) is 2.06. The predicted molar refractivity (Wildman–Crippen MR) is 32.1 cm³/mol. The molecule has 0 aliphatic rings. The van der Waals surface area contributed by atoms with E-state index in [1.165, 1.54) is 0 Å². The summed E-state index contributed by atoms with van der Waals surface area (Å²) >= 11 is 10.4.